The SMILES string of the molecule is COC(=O)COP(=O)(O)[C@@H](N)C(C)C. The second kappa shape index (κ2) is 5.46. The molecule has 0 aliphatic carbocycles. The van der Waals surface area contributed by atoms with Crippen molar-refractivity contribution in [2.45, 2.75) is 19.6 Å². The van der Waals surface area contributed by atoms with E-state index in [1.807, 2.05) is 0 Å². The normalized spacial score (nSPS) is 17.6. The van der Waals surface area contributed by atoms with Crippen molar-refractivity contribution in [3.8, 4) is 0 Å². The van der Waals surface area contributed by atoms with Crippen LogP contribution in [0.15, 0.2) is 0 Å². The van der Waals surface area contributed by atoms with Crippen LogP contribution in [0.3, 0.4) is 0 Å². The predicted octanol–water partition coefficient (Wildman–Crippen LogP) is 0.302. The van der Waals surface area contributed by atoms with Gasteiger partial charge in [0.25, 0.3) is 0 Å². The smallest absolute Gasteiger partial charge is 0.345 e. The summed E-state index contributed by atoms with van der Waals surface area (Å²) in [5.74, 6) is -1.91. The molecular formula is C7H16NO5P. The summed E-state index contributed by atoms with van der Waals surface area (Å²) in [5, 5.41) is 0. The third-order valence-electron chi connectivity index (χ3n) is 1.65. The van der Waals surface area contributed by atoms with E-state index in [1.165, 1.54) is 0 Å². The third kappa shape index (κ3) is 4.19. The minimum absolute atomic E-state index is 0.205. The summed E-state index contributed by atoms with van der Waals surface area (Å²) in [5.41, 5.74) is 5.43. The van der Waals surface area contributed by atoms with Crippen LogP contribution in [-0.2, 0) is 18.6 Å². The highest BCUT2D eigenvalue weighted by molar-refractivity contribution is 7.53. The van der Waals surface area contributed by atoms with Crippen molar-refractivity contribution in [1.82, 2.24) is 0 Å². The molecule has 0 saturated heterocycles. The Balaban J connectivity index is 4.21. The Morgan fingerprint density at radius 3 is 2.43 bits per heavy atom. The predicted molar refractivity (Wildman–Crippen MR) is 50.6 cm³/mol. The minimum Gasteiger partial charge on any atom is -0.467 e. The average Bonchev–Trinajstić information content (AvgIpc) is 2.12. The summed E-state index contributed by atoms with van der Waals surface area (Å²) < 4.78 is 20.1. The topological polar surface area (TPSA) is 98.8 Å². The molecule has 0 saturated carbocycles. The van der Waals surface area contributed by atoms with Crippen LogP contribution in [0.4, 0.5) is 0 Å². The zero-order valence-electron chi connectivity index (χ0n) is 8.47. The fourth-order valence-corrected chi connectivity index (χ4v) is 1.88. The number of methoxy groups -OCH3 is 1. The molecule has 6 nitrogen and oxygen atoms in total. The molecule has 0 amide bonds. The Morgan fingerprint density at radius 1 is 1.57 bits per heavy atom. The van der Waals surface area contributed by atoms with Crippen LogP contribution in [0, 0.1) is 5.92 Å². The summed E-state index contributed by atoms with van der Waals surface area (Å²) in [6.07, 6.45) is 0. The van der Waals surface area contributed by atoms with Crippen LogP contribution in [0.5, 0.6) is 0 Å². The van der Waals surface area contributed by atoms with Gasteiger partial charge in [0.1, 0.15) is 5.78 Å². The quantitative estimate of drug-likeness (QED) is 0.515. The third-order valence-corrected chi connectivity index (χ3v) is 3.50. The number of ether oxygens (including phenoxy) is 1. The Kier molecular flexibility index (Phi) is 5.29. The zero-order valence-corrected chi connectivity index (χ0v) is 9.36. The van der Waals surface area contributed by atoms with Gasteiger partial charge in [-0.3, -0.25) is 9.09 Å². The maximum atomic E-state index is 11.4. The van der Waals surface area contributed by atoms with Crippen LogP contribution < -0.4 is 5.73 Å². The molecular weight excluding hydrogens is 209 g/mol. The van der Waals surface area contributed by atoms with Crippen LogP contribution >= 0.6 is 7.60 Å². The second-order valence-electron chi connectivity index (χ2n) is 3.15. The summed E-state index contributed by atoms with van der Waals surface area (Å²) in [6.45, 7) is 2.81. The molecule has 0 rings (SSSR count). The van der Waals surface area contributed by atoms with E-state index < -0.39 is 26.0 Å². The van der Waals surface area contributed by atoms with Crippen molar-refractivity contribution in [1.29, 1.82) is 0 Å². The van der Waals surface area contributed by atoms with Crippen LogP contribution in [0.25, 0.3) is 0 Å². The van der Waals surface area contributed by atoms with Gasteiger partial charge in [-0.2, -0.15) is 0 Å². The van der Waals surface area contributed by atoms with E-state index in [-0.39, 0.29) is 5.92 Å². The highest BCUT2D eigenvalue weighted by Gasteiger charge is 2.32. The van der Waals surface area contributed by atoms with Crippen molar-refractivity contribution in [2.24, 2.45) is 11.7 Å². The summed E-state index contributed by atoms with van der Waals surface area (Å²) in [4.78, 5) is 19.9. The first-order valence-electron chi connectivity index (χ1n) is 4.10. The first kappa shape index (κ1) is 13.6. The summed E-state index contributed by atoms with van der Waals surface area (Å²) >= 11 is 0. The highest BCUT2D eigenvalue weighted by atomic mass is 31.2. The standard InChI is InChI=1S/C7H16NO5P/c1-5(2)7(8)14(10,11)13-4-6(9)12-3/h5,7H,4,8H2,1-3H3,(H,10,11)/t7-/m1/s1. The molecule has 1 unspecified atom stereocenters. The van der Waals surface area contributed by atoms with Crippen molar-refractivity contribution in [3.63, 3.8) is 0 Å². The lowest BCUT2D eigenvalue weighted by Gasteiger charge is -2.21. The Labute approximate surface area is 82.9 Å². The van der Waals surface area contributed by atoms with Crippen LogP contribution in [0.2, 0.25) is 0 Å². The monoisotopic (exact) mass is 225 g/mol. The van der Waals surface area contributed by atoms with Gasteiger partial charge < -0.3 is 15.4 Å². The molecule has 0 heterocycles. The first-order chi connectivity index (χ1) is 6.31. The number of carbonyl (C=O) groups is 1. The molecule has 0 aliphatic heterocycles. The van der Waals surface area contributed by atoms with Gasteiger partial charge in [-0.25, -0.2) is 4.79 Å². The molecule has 0 aromatic heterocycles. The fourth-order valence-electron chi connectivity index (χ4n) is 0.667. The Morgan fingerprint density at radius 2 is 2.07 bits per heavy atom. The van der Waals surface area contributed by atoms with Crippen LogP contribution in [-0.4, -0.2) is 30.4 Å². The van der Waals surface area contributed by atoms with Crippen molar-refractivity contribution < 1.29 is 23.5 Å². The van der Waals surface area contributed by atoms with E-state index in [4.69, 9.17) is 5.73 Å². The van der Waals surface area contributed by atoms with Gasteiger partial charge in [0, 0.05) is 0 Å². The van der Waals surface area contributed by atoms with E-state index >= 15 is 0 Å². The van der Waals surface area contributed by atoms with Crippen LogP contribution in [0.1, 0.15) is 13.8 Å². The zero-order chi connectivity index (χ0) is 11.4. The van der Waals surface area contributed by atoms with Gasteiger partial charge in [-0.15, -0.1) is 0 Å². The molecule has 14 heavy (non-hydrogen) atoms. The lowest BCUT2D eigenvalue weighted by molar-refractivity contribution is -0.143. The van der Waals surface area contributed by atoms with E-state index in [0.717, 1.165) is 7.11 Å². The Bertz CT molecular complexity index is 242. The number of nitrogens with two attached hydrogens (primary N) is 1. The lowest BCUT2D eigenvalue weighted by atomic mass is 10.2. The van der Waals surface area contributed by atoms with Gasteiger partial charge in [0.2, 0.25) is 0 Å². The van der Waals surface area contributed by atoms with E-state index in [0.29, 0.717) is 0 Å². The lowest BCUT2D eigenvalue weighted by Crippen LogP contribution is -2.28. The maximum absolute atomic E-state index is 11.4. The number of hydrogen-bond acceptors (Lipinski definition) is 5. The van der Waals surface area contributed by atoms with Gasteiger partial charge in [0.05, 0.1) is 7.11 Å². The van der Waals surface area contributed by atoms with E-state index in [2.05, 4.69) is 9.26 Å². The van der Waals surface area contributed by atoms with Gasteiger partial charge in [-0.05, 0) is 5.92 Å². The van der Waals surface area contributed by atoms with Crippen molar-refractivity contribution in [3.05, 3.63) is 0 Å². The second-order valence-corrected chi connectivity index (χ2v) is 5.13. The van der Waals surface area contributed by atoms with Gasteiger partial charge in [-0.1, -0.05) is 13.8 Å². The highest BCUT2D eigenvalue weighted by Crippen LogP contribution is 2.47. The largest absolute Gasteiger partial charge is 0.467 e. The molecule has 2 atom stereocenters. The molecule has 0 bridgehead atoms. The molecule has 0 radical (unpaired) electrons. The fraction of sp³-hybridized carbons (Fsp3) is 0.857. The van der Waals surface area contributed by atoms with E-state index in [9.17, 15) is 14.3 Å². The van der Waals surface area contributed by atoms with Crippen molar-refractivity contribution in [2.75, 3.05) is 13.7 Å². The molecule has 0 spiro atoms. The molecule has 0 aliphatic rings. The molecule has 0 aromatic carbocycles. The summed E-state index contributed by atoms with van der Waals surface area (Å²) in [7, 11) is -2.77. The first-order valence-corrected chi connectivity index (χ1v) is 5.75. The molecule has 7 heteroatoms. The number of carbonyl (C=O) groups excluding carboxylic acids is 1. The van der Waals surface area contributed by atoms with Gasteiger partial charge in [0.15, 0.2) is 6.61 Å². The molecule has 0 aromatic rings. The maximum Gasteiger partial charge on any atom is 0.345 e. The molecule has 3 N–H and O–H groups in total. The molecule has 0 fully saturated rings. The van der Waals surface area contributed by atoms with Gasteiger partial charge >= 0.3 is 13.6 Å². The minimum atomic E-state index is -3.93. The van der Waals surface area contributed by atoms with Crippen molar-refractivity contribution >= 4 is 13.6 Å². The number of hydrogen-bond donors (Lipinski definition) is 2. The molecule has 84 valence electrons. The van der Waals surface area contributed by atoms with E-state index in [1.54, 1.807) is 13.8 Å². The number of rotatable bonds is 5. The number of esters is 1. The Hall–Kier alpha value is -0.420. The summed E-state index contributed by atoms with van der Waals surface area (Å²) in [6, 6.07) is 0. The average molecular weight is 225 g/mol.